The van der Waals surface area contributed by atoms with E-state index in [1.165, 1.54) is 322 Å². The molecule has 0 N–H and O–H groups in total. The van der Waals surface area contributed by atoms with Gasteiger partial charge in [0.25, 0.3) is 0 Å². The van der Waals surface area contributed by atoms with Gasteiger partial charge in [-0.25, -0.2) is 0 Å². The van der Waals surface area contributed by atoms with E-state index in [-0.39, 0.29) is 0 Å². The van der Waals surface area contributed by atoms with Crippen molar-refractivity contribution in [2.24, 2.45) is 0 Å². The number of quaternary nitrogens is 3. The highest BCUT2D eigenvalue weighted by molar-refractivity contribution is 7.40. The van der Waals surface area contributed by atoms with E-state index >= 15 is 0 Å². The molecular formula is C60H132N3O4P. The Morgan fingerprint density at radius 3 is 0.412 bits per heavy atom. The zero-order valence-electron chi connectivity index (χ0n) is 49.4. The highest BCUT2D eigenvalue weighted by Crippen LogP contribution is 2.16. The van der Waals surface area contributed by atoms with Crippen molar-refractivity contribution in [2.45, 2.75) is 311 Å². The molecule has 8 heteroatoms. The van der Waals surface area contributed by atoms with Crippen LogP contribution in [0.4, 0.5) is 0 Å². The molecular weight excluding hydrogens is 858 g/mol. The van der Waals surface area contributed by atoms with Gasteiger partial charge in [0, 0.05) is 0 Å². The lowest BCUT2D eigenvalue weighted by molar-refractivity contribution is -0.890. The van der Waals surface area contributed by atoms with Crippen LogP contribution >= 0.6 is 7.82 Å². The molecule has 68 heavy (non-hydrogen) atoms. The van der Waals surface area contributed by atoms with E-state index in [1.54, 1.807) is 0 Å². The van der Waals surface area contributed by atoms with Crippen LogP contribution in [-0.4, -0.2) is 95.0 Å². The van der Waals surface area contributed by atoms with E-state index in [2.05, 4.69) is 83.8 Å². The second kappa shape index (κ2) is 56.3. The first-order valence-corrected chi connectivity index (χ1v) is 32.0. The standard InChI is InChI=1S/3C20H44N.H3O4P/c3*1-5-7-9-11-12-13-14-16-18-20-21(3,4)19-17-15-10-8-6-2;1-5(2,3)4/h3*5-20H2,1-4H3;(H3,1,2,3,4)/q3*+1;/p-3. The fraction of sp³-hybridized carbons (Fsp3) is 1.00. The largest absolute Gasteiger partial charge is 0.822 e. The van der Waals surface area contributed by atoms with Crippen LogP contribution in [0.3, 0.4) is 0 Å². The molecule has 0 fully saturated rings. The van der Waals surface area contributed by atoms with E-state index < -0.39 is 7.82 Å². The summed E-state index contributed by atoms with van der Waals surface area (Å²) in [6.45, 7) is 22.0. The Kier molecular flexibility index (Phi) is 61.7. The van der Waals surface area contributed by atoms with E-state index in [0.717, 1.165) is 0 Å². The molecule has 0 spiro atoms. The van der Waals surface area contributed by atoms with Crippen molar-refractivity contribution in [2.75, 3.05) is 81.6 Å². The SMILES string of the molecule is CCCCCCCCCCC[N+](C)(C)CCCCCCC.CCCCCCCCCCC[N+](C)(C)CCCCCCC.CCCCCCCCCCC[N+](C)(C)CCCCCCC.O=P([O-])([O-])[O-]. The Balaban J connectivity index is -0.000000429. The smallest absolute Gasteiger partial charge is 0.0782 e. The number of unbranched alkanes of at least 4 members (excludes halogenated alkanes) is 36. The third-order valence-electron chi connectivity index (χ3n) is 14.2. The van der Waals surface area contributed by atoms with Crippen molar-refractivity contribution in [3.8, 4) is 0 Å². The summed E-state index contributed by atoms with van der Waals surface area (Å²) in [6.07, 6.45) is 60.2. The molecule has 0 unspecified atom stereocenters. The topological polar surface area (TPSA) is 86.2 Å². The predicted molar refractivity (Wildman–Crippen MR) is 301 cm³/mol. The molecule has 0 aromatic heterocycles. The third-order valence-corrected chi connectivity index (χ3v) is 14.2. The highest BCUT2D eigenvalue weighted by atomic mass is 31.2. The van der Waals surface area contributed by atoms with Crippen LogP contribution in [0.2, 0.25) is 0 Å². The molecule has 0 aromatic rings. The fourth-order valence-corrected chi connectivity index (χ4v) is 9.32. The Bertz CT molecular complexity index is 860. The molecule has 416 valence electrons. The summed E-state index contributed by atoms with van der Waals surface area (Å²) < 4.78 is 12.3. The predicted octanol–water partition coefficient (Wildman–Crippen LogP) is 16.9. The van der Waals surface area contributed by atoms with E-state index in [0.29, 0.717) is 0 Å². The van der Waals surface area contributed by atoms with Gasteiger partial charge in [-0.3, -0.25) is 0 Å². The van der Waals surface area contributed by atoms with E-state index in [4.69, 9.17) is 19.2 Å². The zero-order valence-corrected chi connectivity index (χ0v) is 50.3. The second-order valence-corrected chi connectivity index (χ2v) is 24.2. The van der Waals surface area contributed by atoms with Crippen molar-refractivity contribution in [1.29, 1.82) is 0 Å². The molecule has 0 aliphatic heterocycles. The number of nitrogens with zero attached hydrogens (tertiary/aromatic N) is 3. The van der Waals surface area contributed by atoms with Crippen molar-refractivity contribution in [3.05, 3.63) is 0 Å². The molecule has 0 aromatic carbocycles. The highest BCUT2D eigenvalue weighted by Gasteiger charge is 2.15. The fourth-order valence-electron chi connectivity index (χ4n) is 9.32. The van der Waals surface area contributed by atoms with Crippen molar-refractivity contribution in [1.82, 2.24) is 0 Å². The number of phosphoric acid groups is 1. The van der Waals surface area contributed by atoms with Crippen LogP contribution in [-0.2, 0) is 4.57 Å². The summed E-state index contributed by atoms with van der Waals surface area (Å²) in [7, 11) is 9.14. The summed E-state index contributed by atoms with van der Waals surface area (Å²) in [5.74, 6) is 0. The maximum atomic E-state index is 8.55. The average Bonchev–Trinajstić information content (AvgIpc) is 3.27. The van der Waals surface area contributed by atoms with Gasteiger partial charge in [0.2, 0.25) is 0 Å². The first kappa shape index (κ1) is 74.5. The average molecular weight is 991 g/mol. The van der Waals surface area contributed by atoms with Gasteiger partial charge in [0.1, 0.15) is 0 Å². The van der Waals surface area contributed by atoms with Gasteiger partial charge < -0.3 is 32.7 Å². The Morgan fingerprint density at radius 2 is 0.309 bits per heavy atom. The Labute approximate surface area is 431 Å². The van der Waals surface area contributed by atoms with Crippen LogP contribution in [0.5, 0.6) is 0 Å². The second-order valence-electron chi connectivity index (χ2n) is 23.3. The monoisotopic (exact) mass is 990 g/mol. The van der Waals surface area contributed by atoms with Crippen LogP contribution in [0, 0.1) is 0 Å². The molecule has 0 atom stereocenters. The minimum atomic E-state index is -5.39. The summed E-state index contributed by atoms with van der Waals surface area (Å²) >= 11 is 0. The number of rotatable bonds is 48. The lowest BCUT2D eigenvalue weighted by Gasteiger charge is -2.36. The minimum absolute atomic E-state index is 1.24. The quantitative estimate of drug-likeness (QED) is 0.0345. The zero-order chi connectivity index (χ0) is 51.9. The summed E-state index contributed by atoms with van der Waals surface area (Å²) in [6, 6.07) is 0. The summed E-state index contributed by atoms with van der Waals surface area (Å²) in [5, 5.41) is 0. The van der Waals surface area contributed by atoms with Crippen molar-refractivity contribution < 1.29 is 32.7 Å². The lowest BCUT2D eigenvalue weighted by Crippen LogP contribution is -2.41. The molecule has 7 nitrogen and oxygen atoms in total. The van der Waals surface area contributed by atoms with Gasteiger partial charge in [0.15, 0.2) is 0 Å². The summed E-state index contributed by atoms with van der Waals surface area (Å²) in [5.41, 5.74) is 0. The van der Waals surface area contributed by atoms with Gasteiger partial charge in [-0.2, -0.15) is 7.82 Å². The molecule has 0 rings (SSSR count). The maximum absolute atomic E-state index is 8.55. The molecule has 0 aliphatic rings. The first-order chi connectivity index (χ1) is 32.4. The van der Waals surface area contributed by atoms with Gasteiger partial charge in [-0.05, 0) is 77.0 Å². The Morgan fingerprint density at radius 1 is 0.221 bits per heavy atom. The molecule has 0 radical (unpaired) electrons. The van der Waals surface area contributed by atoms with Crippen LogP contribution in [0.1, 0.15) is 311 Å². The third kappa shape index (κ3) is 77.4. The summed E-state index contributed by atoms with van der Waals surface area (Å²) in [4.78, 5) is 25.6. The van der Waals surface area contributed by atoms with Crippen LogP contribution in [0.25, 0.3) is 0 Å². The molecule has 0 amide bonds. The van der Waals surface area contributed by atoms with E-state index in [1.807, 2.05) is 0 Å². The van der Waals surface area contributed by atoms with Gasteiger partial charge in [0.05, 0.1) is 81.6 Å². The normalized spacial score (nSPS) is 12.0. The number of hydrogen-bond donors (Lipinski definition) is 0. The van der Waals surface area contributed by atoms with Crippen molar-refractivity contribution >= 4 is 7.82 Å². The van der Waals surface area contributed by atoms with Crippen LogP contribution < -0.4 is 14.7 Å². The number of hydrogen-bond acceptors (Lipinski definition) is 4. The van der Waals surface area contributed by atoms with Gasteiger partial charge in [-0.15, -0.1) is 0 Å². The lowest BCUT2D eigenvalue weighted by atomic mass is 10.1. The van der Waals surface area contributed by atoms with Crippen LogP contribution in [0.15, 0.2) is 0 Å². The molecule has 0 heterocycles. The molecule has 0 saturated carbocycles. The van der Waals surface area contributed by atoms with Crippen molar-refractivity contribution in [3.63, 3.8) is 0 Å². The minimum Gasteiger partial charge on any atom is -0.822 e. The van der Waals surface area contributed by atoms with Gasteiger partial charge in [-0.1, -0.05) is 234 Å². The molecule has 0 bridgehead atoms. The first-order valence-electron chi connectivity index (χ1n) is 30.6. The molecule has 0 saturated heterocycles. The Hall–Kier alpha value is -0.0100. The molecule has 0 aliphatic carbocycles. The van der Waals surface area contributed by atoms with Gasteiger partial charge >= 0.3 is 0 Å². The maximum Gasteiger partial charge on any atom is 0.0782 e. The van der Waals surface area contributed by atoms with E-state index in [9.17, 15) is 0 Å².